The van der Waals surface area contributed by atoms with Crippen LogP contribution in [0.1, 0.15) is 11.7 Å². The number of hydrogen-bond acceptors (Lipinski definition) is 3. The Labute approximate surface area is 88.2 Å². The highest BCUT2D eigenvalue weighted by Gasteiger charge is 2.34. The van der Waals surface area contributed by atoms with Crippen LogP contribution in [-0.2, 0) is 9.47 Å². The lowest BCUT2D eigenvalue weighted by Crippen LogP contribution is -2.32. The van der Waals surface area contributed by atoms with Crippen LogP contribution in [0.15, 0.2) is 30.3 Å². The molecule has 1 fully saturated rings. The zero-order valence-corrected chi connectivity index (χ0v) is 8.47. The lowest BCUT2D eigenvalue weighted by atomic mass is 10.0. The van der Waals surface area contributed by atoms with Gasteiger partial charge in [0.25, 0.3) is 0 Å². The van der Waals surface area contributed by atoms with Gasteiger partial charge in [0.15, 0.2) is 6.10 Å². The van der Waals surface area contributed by atoms with Crippen LogP contribution in [0.3, 0.4) is 0 Å². The summed E-state index contributed by atoms with van der Waals surface area (Å²) >= 11 is 0. The van der Waals surface area contributed by atoms with E-state index in [1.807, 2.05) is 30.3 Å². The van der Waals surface area contributed by atoms with Crippen molar-refractivity contribution in [1.29, 1.82) is 0 Å². The van der Waals surface area contributed by atoms with Gasteiger partial charge in [-0.05, 0) is 5.56 Å². The van der Waals surface area contributed by atoms with Crippen LogP contribution in [0, 0.1) is 0 Å². The highest BCUT2D eigenvalue weighted by molar-refractivity contribution is 5.70. The Morgan fingerprint density at radius 1 is 1.40 bits per heavy atom. The standard InChI is InChI=1S/C11H13NO3/c1-14-7-9-10(15-11(13)12-9)8-5-3-2-4-6-8/h2-6,9-10H,7H2,1H3,(H,12,13)/t9-,10-/m0/s1. The third-order valence-corrected chi connectivity index (χ3v) is 2.38. The Hall–Kier alpha value is -1.55. The van der Waals surface area contributed by atoms with Crippen molar-refractivity contribution in [2.75, 3.05) is 13.7 Å². The zero-order chi connectivity index (χ0) is 10.7. The molecule has 2 atom stereocenters. The fraction of sp³-hybridized carbons (Fsp3) is 0.364. The van der Waals surface area contributed by atoms with Gasteiger partial charge < -0.3 is 14.8 Å². The number of nitrogens with one attached hydrogen (secondary N) is 1. The van der Waals surface area contributed by atoms with Crippen LogP contribution in [0.5, 0.6) is 0 Å². The zero-order valence-electron chi connectivity index (χ0n) is 8.47. The number of alkyl carbamates (subject to hydrolysis) is 1. The van der Waals surface area contributed by atoms with Crippen molar-refractivity contribution in [2.24, 2.45) is 0 Å². The smallest absolute Gasteiger partial charge is 0.408 e. The first-order valence-corrected chi connectivity index (χ1v) is 4.82. The fourth-order valence-corrected chi connectivity index (χ4v) is 1.71. The largest absolute Gasteiger partial charge is 0.439 e. The highest BCUT2D eigenvalue weighted by Crippen LogP contribution is 2.25. The van der Waals surface area contributed by atoms with Crippen LogP contribution in [-0.4, -0.2) is 25.9 Å². The summed E-state index contributed by atoms with van der Waals surface area (Å²) in [5.74, 6) is 0. The average Bonchev–Trinajstić information content (AvgIpc) is 2.62. The number of ether oxygens (including phenoxy) is 2. The monoisotopic (exact) mass is 207 g/mol. The molecule has 0 spiro atoms. The van der Waals surface area contributed by atoms with Gasteiger partial charge in [0.1, 0.15) is 0 Å². The highest BCUT2D eigenvalue weighted by atomic mass is 16.6. The third kappa shape index (κ3) is 2.10. The minimum absolute atomic E-state index is 0.107. The first-order chi connectivity index (χ1) is 7.31. The molecule has 0 aliphatic carbocycles. The van der Waals surface area contributed by atoms with Crippen molar-refractivity contribution < 1.29 is 14.3 Å². The Morgan fingerprint density at radius 2 is 2.13 bits per heavy atom. The molecule has 0 aromatic heterocycles. The molecule has 80 valence electrons. The van der Waals surface area contributed by atoms with Crippen LogP contribution >= 0.6 is 0 Å². The van der Waals surface area contributed by atoms with Crippen LogP contribution in [0.2, 0.25) is 0 Å². The van der Waals surface area contributed by atoms with Gasteiger partial charge in [0.05, 0.1) is 12.6 Å². The van der Waals surface area contributed by atoms with Crippen molar-refractivity contribution >= 4 is 6.09 Å². The molecule has 1 saturated heterocycles. The van der Waals surface area contributed by atoms with E-state index in [1.165, 1.54) is 0 Å². The molecule has 1 amide bonds. The van der Waals surface area contributed by atoms with Crippen molar-refractivity contribution in [2.45, 2.75) is 12.1 Å². The second-order valence-corrected chi connectivity index (χ2v) is 3.44. The molecule has 0 saturated carbocycles. The molecule has 1 aromatic carbocycles. The second-order valence-electron chi connectivity index (χ2n) is 3.44. The topological polar surface area (TPSA) is 47.6 Å². The Morgan fingerprint density at radius 3 is 2.80 bits per heavy atom. The molecule has 0 radical (unpaired) electrons. The lowest BCUT2D eigenvalue weighted by Gasteiger charge is -2.15. The molecule has 1 aliphatic heterocycles. The lowest BCUT2D eigenvalue weighted by molar-refractivity contribution is 0.104. The predicted molar refractivity (Wildman–Crippen MR) is 54.5 cm³/mol. The summed E-state index contributed by atoms with van der Waals surface area (Å²) in [5.41, 5.74) is 0.984. The maximum atomic E-state index is 11.1. The molecular formula is C11H13NO3. The van der Waals surface area contributed by atoms with Gasteiger partial charge in [0.2, 0.25) is 0 Å². The molecule has 0 unspecified atom stereocenters. The average molecular weight is 207 g/mol. The number of rotatable bonds is 3. The Bertz CT molecular complexity index is 339. The second kappa shape index (κ2) is 4.31. The van der Waals surface area contributed by atoms with E-state index in [4.69, 9.17) is 9.47 Å². The quantitative estimate of drug-likeness (QED) is 0.816. The van der Waals surface area contributed by atoms with Crippen molar-refractivity contribution in [1.82, 2.24) is 5.32 Å². The first-order valence-electron chi connectivity index (χ1n) is 4.82. The van der Waals surface area contributed by atoms with Gasteiger partial charge in [-0.25, -0.2) is 4.79 Å². The number of carbonyl (C=O) groups excluding carboxylic acids is 1. The fourth-order valence-electron chi connectivity index (χ4n) is 1.71. The maximum absolute atomic E-state index is 11.1. The van der Waals surface area contributed by atoms with E-state index in [-0.39, 0.29) is 18.2 Å². The number of benzene rings is 1. The first kappa shape index (κ1) is 9.98. The van der Waals surface area contributed by atoms with Gasteiger partial charge in [-0.15, -0.1) is 0 Å². The number of amides is 1. The van der Waals surface area contributed by atoms with Crippen LogP contribution in [0.25, 0.3) is 0 Å². The van der Waals surface area contributed by atoms with E-state index in [2.05, 4.69) is 5.32 Å². The number of methoxy groups -OCH3 is 1. The molecule has 2 rings (SSSR count). The Balaban J connectivity index is 2.17. The number of carbonyl (C=O) groups is 1. The van der Waals surface area contributed by atoms with E-state index < -0.39 is 0 Å². The van der Waals surface area contributed by atoms with E-state index in [9.17, 15) is 4.79 Å². The normalized spacial score (nSPS) is 24.7. The van der Waals surface area contributed by atoms with E-state index in [0.29, 0.717) is 6.61 Å². The van der Waals surface area contributed by atoms with Gasteiger partial charge in [-0.3, -0.25) is 0 Å². The SMILES string of the molecule is COC[C@@H]1NC(=O)O[C@H]1c1ccccc1. The van der Waals surface area contributed by atoms with Gasteiger partial charge in [-0.2, -0.15) is 0 Å². The van der Waals surface area contributed by atoms with Crippen LogP contribution in [0.4, 0.5) is 4.79 Å². The number of cyclic esters (lactones) is 1. The van der Waals surface area contributed by atoms with E-state index >= 15 is 0 Å². The summed E-state index contributed by atoms with van der Waals surface area (Å²) in [5, 5.41) is 2.72. The summed E-state index contributed by atoms with van der Waals surface area (Å²) in [7, 11) is 1.60. The summed E-state index contributed by atoms with van der Waals surface area (Å²) < 4.78 is 10.2. The van der Waals surface area contributed by atoms with Gasteiger partial charge in [0, 0.05) is 7.11 Å². The van der Waals surface area contributed by atoms with Crippen LogP contribution < -0.4 is 5.32 Å². The summed E-state index contributed by atoms with van der Waals surface area (Å²) in [6, 6.07) is 9.54. The summed E-state index contributed by atoms with van der Waals surface area (Å²) in [6.45, 7) is 0.450. The molecule has 0 bridgehead atoms. The van der Waals surface area contributed by atoms with Gasteiger partial charge in [-0.1, -0.05) is 30.3 Å². The summed E-state index contributed by atoms with van der Waals surface area (Å²) in [6.07, 6.45) is -0.635. The van der Waals surface area contributed by atoms with Gasteiger partial charge >= 0.3 is 6.09 Å². The maximum Gasteiger partial charge on any atom is 0.408 e. The third-order valence-electron chi connectivity index (χ3n) is 2.38. The predicted octanol–water partition coefficient (Wildman–Crippen LogP) is 1.48. The number of hydrogen-bond donors (Lipinski definition) is 1. The molecule has 15 heavy (non-hydrogen) atoms. The van der Waals surface area contributed by atoms with Crippen molar-refractivity contribution in [3.63, 3.8) is 0 Å². The molecule has 1 heterocycles. The molecule has 4 nitrogen and oxygen atoms in total. The van der Waals surface area contributed by atoms with E-state index in [0.717, 1.165) is 5.56 Å². The minimum Gasteiger partial charge on any atom is -0.439 e. The molecule has 4 heteroatoms. The minimum atomic E-state index is -0.383. The summed E-state index contributed by atoms with van der Waals surface area (Å²) in [4.78, 5) is 11.1. The van der Waals surface area contributed by atoms with Crippen molar-refractivity contribution in [3.8, 4) is 0 Å². The molecule has 1 aliphatic rings. The Kier molecular flexibility index (Phi) is 2.87. The molecule has 1 aromatic rings. The van der Waals surface area contributed by atoms with Crippen molar-refractivity contribution in [3.05, 3.63) is 35.9 Å². The van der Waals surface area contributed by atoms with E-state index in [1.54, 1.807) is 7.11 Å². The molecular weight excluding hydrogens is 194 g/mol. The molecule has 1 N–H and O–H groups in total.